The van der Waals surface area contributed by atoms with E-state index in [9.17, 15) is 14.7 Å². The molecule has 2 rings (SSSR count). The maximum absolute atomic E-state index is 11.3. The Morgan fingerprint density at radius 2 is 1.88 bits per heavy atom. The minimum absolute atomic E-state index is 0.175. The molecule has 2 N–H and O–H groups in total. The van der Waals surface area contributed by atoms with Gasteiger partial charge in [-0.05, 0) is 23.6 Å². The summed E-state index contributed by atoms with van der Waals surface area (Å²) in [6.07, 6.45) is 0. The van der Waals surface area contributed by atoms with Gasteiger partial charge in [0, 0.05) is 11.5 Å². The van der Waals surface area contributed by atoms with Gasteiger partial charge in [-0.1, -0.05) is 19.9 Å². The van der Waals surface area contributed by atoms with Crippen molar-refractivity contribution in [1.29, 1.82) is 0 Å². The number of aromatic hydroxyl groups is 1. The Morgan fingerprint density at radius 3 is 2.53 bits per heavy atom. The van der Waals surface area contributed by atoms with Crippen molar-refractivity contribution < 1.29 is 5.11 Å². The average Bonchev–Trinajstić information content (AvgIpc) is 2.37. The van der Waals surface area contributed by atoms with Crippen LogP contribution in [0.3, 0.4) is 0 Å². The molecule has 0 fully saturated rings. The number of rotatable bonds is 1. The van der Waals surface area contributed by atoms with Gasteiger partial charge in [-0.3, -0.25) is 9.59 Å². The molecule has 0 aliphatic heterocycles. The molecule has 4 nitrogen and oxygen atoms in total. The van der Waals surface area contributed by atoms with Crippen LogP contribution in [-0.4, -0.2) is 10.1 Å². The summed E-state index contributed by atoms with van der Waals surface area (Å²) in [5.74, 6) is 0.133. The molecule has 2 aromatic rings. The number of fused-ring (bicyclic) bond motifs is 1. The summed E-state index contributed by atoms with van der Waals surface area (Å²) in [4.78, 5) is 25.1. The fourth-order valence-corrected chi connectivity index (χ4v) is 1.69. The Hall–Kier alpha value is -2.10. The van der Waals surface area contributed by atoms with Crippen molar-refractivity contribution in [3.8, 4) is 5.75 Å². The van der Waals surface area contributed by atoms with E-state index in [4.69, 9.17) is 0 Å². The molecule has 0 saturated carbocycles. The van der Waals surface area contributed by atoms with Crippen molar-refractivity contribution in [2.75, 3.05) is 0 Å². The molecule has 1 aromatic heterocycles. The van der Waals surface area contributed by atoms with Crippen molar-refractivity contribution in [3.05, 3.63) is 50.4 Å². The summed E-state index contributed by atoms with van der Waals surface area (Å²) in [6.45, 7) is 4.06. The van der Waals surface area contributed by atoms with E-state index in [0.29, 0.717) is 16.8 Å². The smallest absolute Gasteiger partial charge is 0.296 e. The Bertz CT molecular complexity index is 686. The van der Waals surface area contributed by atoms with Crippen LogP contribution in [0.5, 0.6) is 5.75 Å². The zero-order chi connectivity index (χ0) is 12.6. The van der Waals surface area contributed by atoms with Gasteiger partial charge in [-0.25, -0.2) is 0 Å². The predicted molar refractivity (Wildman–Crippen MR) is 66.6 cm³/mol. The highest BCUT2D eigenvalue weighted by Crippen LogP contribution is 2.24. The molecule has 0 atom stereocenters. The van der Waals surface area contributed by atoms with Crippen LogP contribution in [0.2, 0.25) is 0 Å². The third kappa shape index (κ3) is 2.06. The van der Waals surface area contributed by atoms with E-state index in [1.807, 2.05) is 19.9 Å². The first kappa shape index (κ1) is 11.4. The molecule has 1 heterocycles. The van der Waals surface area contributed by atoms with Gasteiger partial charge in [0.25, 0.3) is 5.56 Å². The minimum Gasteiger partial charge on any atom is -0.507 e. The van der Waals surface area contributed by atoms with E-state index in [2.05, 4.69) is 4.98 Å². The second-order valence-corrected chi connectivity index (χ2v) is 4.31. The molecule has 17 heavy (non-hydrogen) atoms. The number of aromatic nitrogens is 1. The highest BCUT2D eigenvalue weighted by molar-refractivity contribution is 5.84. The first-order valence-corrected chi connectivity index (χ1v) is 5.39. The highest BCUT2D eigenvalue weighted by atomic mass is 16.3. The van der Waals surface area contributed by atoms with Crippen LogP contribution in [0.25, 0.3) is 10.9 Å². The fraction of sp³-hybridized carbons (Fsp3) is 0.231. The molecule has 0 amide bonds. The third-order valence-corrected chi connectivity index (χ3v) is 2.73. The van der Waals surface area contributed by atoms with E-state index in [1.165, 1.54) is 0 Å². The first-order chi connectivity index (χ1) is 7.99. The van der Waals surface area contributed by atoms with Gasteiger partial charge in [0.1, 0.15) is 5.75 Å². The molecule has 0 spiro atoms. The van der Waals surface area contributed by atoms with Crippen molar-refractivity contribution in [2.24, 2.45) is 0 Å². The van der Waals surface area contributed by atoms with Gasteiger partial charge in [0.2, 0.25) is 5.43 Å². The fourth-order valence-electron chi connectivity index (χ4n) is 1.69. The zero-order valence-electron chi connectivity index (χ0n) is 9.65. The summed E-state index contributed by atoms with van der Waals surface area (Å²) < 4.78 is 0. The number of H-pyrrole nitrogens is 1. The zero-order valence-corrected chi connectivity index (χ0v) is 9.65. The molecule has 0 unspecified atom stereocenters. The lowest BCUT2D eigenvalue weighted by Gasteiger charge is -2.05. The van der Waals surface area contributed by atoms with E-state index >= 15 is 0 Å². The third-order valence-electron chi connectivity index (χ3n) is 2.73. The monoisotopic (exact) mass is 231 g/mol. The lowest BCUT2D eigenvalue weighted by atomic mass is 10.0. The van der Waals surface area contributed by atoms with Gasteiger partial charge < -0.3 is 10.1 Å². The summed E-state index contributed by atoms with van der Waals surface area (Å²) >= 11 is 0. The maximum Gasteiger partial charge on any atom is 0.296 e. The van der Waals surface area contributed by atoms with Gasteiger partial charge in [-0.2, -0.15) is 0 Å². The maximum atomic E-state index is 11.3. The second-order valence-electron chi connectivity index (χ2n) is 4.31. The van der Waals surface area contributed by atoms with Gasteiger partial charge in [0.05, 0.1) is 5.52 Å². The summed E-state index contributed by atoms with van der Waals surface area (Å²) in [5, 5.41) is 10.3. The topological polar surface area (TPSA) is 70.2 Å². The van der Waals surface area contributed by atoms with Crippen LogP contribution < -0.4 is 11.0 Å². The van der Waals surface area contributed by atoms with Gasteiger partial charge in [0.15, 0.2) is 0 Å². The molecule has 4 heteroatoms. The Balaban J connectivity index is 2.93. The SMILES string of the molecule is CC(C)c1ccc2[nH]c(=O)c(=O)cc(O)c2c1. The largest absolute Gasteiger partial charge is 0.507 e. The van der Waals surface area contributed by atoms with Crippen molar-refractivity contribution in [2.45, 2.75) is 19.8 Å². The molecular formula is C13H13NO3. The van der Waals surface area contributed by atoms with E-state index in [1.54, 1.807) is 12.1 Å². The molecular weight excluding hydrogens is 218 g/mol. The van der Waals surface area contributed by atoms with E-state index in [-0.39, 0.29) is 5.75 Å². The van der Waals surface area contributed by atoms with Crippen molar-refractivity contribution in [3.63, 3.8) is 0 Å². The molecule has 0 radical (unpaired) electrons. The Labute approximate surface area is 97.6 Å². The standard InChI is InChI=1S/C13H13NO3/c1-7(2)8-3-4-10-9(5-8)11(15)6-12(16)13(17)14-10/h3-7,15H,1-2H3,(H,14,16,17). The van der Waals surface area contributed by atoms with Crippen LogP contribution in [0, 0.1) is 0 Å². The minimum atomic E-state index is -0.746. The first-order valence-electron chi connectivity index (χ1n) is 5.39. The van der Waals surface area contributed by atoms with Gasteiger partial charge in [-0.15, -0.1) is 0 Å². The predicted octanol–water partition coefficient (Wildman–Crippen LogP) is 1.72. The number of hydrogen-bond donors (Lipinski definition) is 2. The number of benzene rings is 1. The second kappa shape index (κ2) is 4.05. The lowest BCUT2D eigenvalue weighted by Crippen LogP contribution is -2.22. The summed E-state index contributed by atoms with van der Waals surface area (Å²) in [5.41, 5.74) is 0.0173. The molecule has 88 valence electrons. The number of aromatic amines is 1. The molecule has 0 aliphatic rings. The van der Waals surface area contributed by atoms with Gasteiger partial charge >= 0.3 is 0 Å². The van der Waals surface area contributed by atoms with Crippen LogP contribution in [-0.2, 0) is 0 Å². The van der Waals surface area contributed by atoms with Crippen LogP contribution in [0.4, 0.5) is 0 Å². The quantitative estimate of drug-likeness (QED) is 0.734. The summed E-state index contributed by atoms with van der Waals surface area (Å²) in [6, 6.07) is 6.30. The highest BCUT2D eigenvalue weighted by Gasteiger charge is 2.05. The van der Waals surface area contributed by atoms with Crippen molar-refractivity contribution in [1.82, 2.24) is 4.98 Å². The van der Waals surface area contributed by atoms with Crippen LogP contribution in [0.1, 0.15) is 25.3 Å². The molecule has 0 aliphatic carbocycles. The van der Waals surface area contributed by atoms with E-state index in [0.717, 1.165) is 11.6 Å². The van der Waals surface area contributed by atoms with Crippen LogP contribution >= 0.6 is 0 Å². The van der Waals surface area contributed by atoms with Crippen molar-refractivity contribution >= 4 is 10.9 Å². The number of hydrogen-bond acceptors (Lipinski definition) is 3. The van der Waals surface area contributed by atoms with Crippen LogP contribution in [0.15, 0.2) is 33.9 Å². The molecule has 0 bridgehead atoms. The van der Waals surface area contributed by atoms with E-state index < -0.39 is 11.0 Å². The molecule has 0 saturated heterocycles. The normalized spacial score (nSPS) is 11.0. The Kier molecular flexibility index (Phi) is 2.71. The lowest BCUT2D eigenvalue weighted by molar-refractivity contribution is 0.481. The number of nitrogens with one attached hydrogen (secondary N) is 1. The average molecular weight is 231 g/mol. The molecule has 1 aromatic carbocycles. The summed E-state index contributed by atoms with van der Waals surface area (Å²) in [7, 11) is 0. The Morgan fingerprint density at radius 1 is 1.18 bits per heavy atom.